The fraction of sp³-hybridized carbons (Fsp3) is 0.345. The van der Waals surface area contributed by atoms with Crippen LogP contribution in [0.1, 0.15) is 50.7 Å². The number of allylic oxidation sites excluding steroid dienone is 2. The number of ether oxygens (including phenoxy) is 2. The molecule has 35 heavy (non-hydrogen) atoms. The van der Waals surface area contributed by atoms with Crippen LogP contribution < -0.4 is 0 Å². The average molecular weight is 477 g/mol. The normalized spacial score (nSPS) is 27.7. The van der Waals surface area contributed by atoms with E-state index in [9.17, 15) is 15.0 Å². The number of hydrogen-bond acceptors (Lipinski definition) is 6. The van der Waals surface area contributed by atoms with Crippen LogP contribution in [0.25, 0.3) is 12.2 Å². The van der Waals surface area contributed by atoms with Crippen LogP contribution in [0, 0.1) is 5.92 Å². The Balaban J connectivity index is 0.000000165. The minimum atomic E-state index is -0.233. The van der Waals surface area contributed by atoms with Crippen LogP contribution in [0.3, 0.4) is 0 Å². The summed E-state index contributed by atoms with van der Waals surface area (Å²) in [6, 6.07) is 11.1. The van der Waals surface area contributed by atoms with E-state index in [0.29, 0.717) is 11.1 Å². The first kappa shape index (κ1) is 24.6. The summed E-state index contributed by atoms with van der Waals surface area (Å²) in [4.78, 5) is 11.7. The molecular weight excluding hydrogens is 444 g/mol. The van der Waals surface area contributed by atoms with Crippen molar-refractivity contribution in [3.05, 3.63) is 77.4 Å². The number of phenolic OH excluding ortho intramolecular Hbond substituents is 3. The minimum Gasteiger partial charge on any atom is -0.508 e. The number of hydrogen-bond donors (Lipinski definition) is 3. The first-order valence-corrected chi connectivity index (χ1v) is 11.9. The summed E-state index contributed by atoms with van der Waals surface area (Å²) >= 11 is 0. The second kappa shape index (κ2) is 10.0. The molecule has 2 aromatic rings. The van der Waals surface area contributed by atoms with Crippen LogP contribution in [0.4, 0.5) is 0 Å². The van der Waals surface area contributed by atoms with Crippen LogP contribution in [0.5, 0.6) is 17.2 Å². The Kier molecular flexibility index (Phi) is 7.03. The fourth-order valence-corrected chi connectivity index (χ4v) is 4.70. The predicted molar refractivity (Wildman–Crippen MR) is 135 cm³/mol. The lowest BCUT2D eigenvalue weighted by Crippen LogP contribution is -2.28. The second-order valence-corrected chi connectivity index (χ2v) is 9.69. The number of rotatable bonds is 2. The number of aromatic hydroxyl groups is 3. The van der Waals surface area contributed by atoms with Gasteiger partial charge in [0, 0.05) is 17.6 Å². The van der Waals surface area contributed by atoms with Crippen molar-refractivity contribution in [2.45, 2.75) is 57.3 Å². The monoisotopic (exact) mass is 476 g/mol. The number of esters is 1. The summed E-state index contributed by atoms with van der Waals surface area (Å²) < 4.78 is 11.3. The lowest BCUT2D eigenvalue weighted by atomic mass is 9.84. The molecule has 3 N–H and O–H groups in total. The van der Waals surface area contributed by atoms with E-state index in [1.54, 1.807) is 42.5 Å². The van der Waals surface area contributed by atoms with Gasteiger partial charge in [-0.05, 0) is 74.9 Å². The molecule has 0 radical (unpaired) electrons. The summed E-state index contributed by atoms with van der Waals surface area (Å²) in [6.45, 7) is 8.17. The summed E-state index contributed by atoms with van der Waals surface area (Å²) in [6.07, 6.45) is 9.85. The quantitative estimate of drug-likeness (QED) is 0.168. The SMILES string of the molecule is C=C1C(=O)OC2C1CCC(C)=CCCC1(C)OC21.Oc1ccc(C=Cc2cc(O)cc(O)c2)cc1. The molecule has 184 valence electrons. The van der Waals surface area contributed by atoms with E-state index in [1.165, 1.54) is 11.6 Å². The van der Waals surface area contributed by atoms with Gasteiger partial charge in [0.15, 0.2) is 0 Å². The predicted octanol–water partition coefficient (Wildman–Crippen LogP) is 5.74. The molecule has 1 aliphatic carbocycles. The van der Waals surface area contributed by atoms with Gasteiger partial charge in [0.25, 0.3) is 0 Å². The Morgan fingerprint density at radius 2 is 1.66 bits per heavy atom. The smallest absolute Gasteiger partial charge is 0.334 e. The second-order valence-electron chi connectivity index (χ2n) is 9.69. The van der Waals surface area contributed by atoms with E-state index in [4.69, 9.17) is 14.6 Å². The van der Waals surface area contributed by atoms with E-state index in [0.717, 1.165) is 31.2 Å². The largest absolute Gasteiger partial charge is 0.508 e. The van der Waals surface area contributed by atoms with Crippen molar-refractivity contribution in [2.75, 3.05) is 0 Å². The average Bonchev–Trinajstić information content (AvgIpc) is 3.39. The highest BCUT2D eigenvalue weighted by Gasteiger charge is 2.61. The molecule has 2 fully saturated rings. The Labute approximate surface area is 205 Å². The molecule has 0 amide bonds. The molecule has 0 aromatic heterocycles. The maximum absolute atomic E-state index is 11.7. The van der Waals surface area contributed by atoms with Gasteiger partial charge < -0.3 is 24.8 Å². The summed E-state index contributed by atoms with van der Waals surface area (Å²) in [5, 5.41) is 27.7. The zero-order valence-corrected chi connectivity index (χ0v) is 20.1. The summed E-state index contributed by atoms with van der Waals surface area (Å²) in [7, 11) is 0. The number of carbonyl (C=O) groups excluding carboxylic acids is 1. The van der Waals surface area contributed by atoms with Crippen LogP contribution in [0.15, 0.2) is 66.3 Å². The fourth-order valence-electron chi connectivity index (χ4n) is 4.70. The molecule has 2 heterocycles. The van der Waals surface area contributed by atoms with Crippen molar-refractivity contribution in [1.29, 1.82) is 0 Å². The van der Waals surface area contributed by atoms with Gasteiger partial charge in [-0.15, -0.1) is 0 Å². The first-order valence-electron chi connectivity index (χ1n) is 11.9. The van der Waals surface area contributed by atoms with E-state index in [-0.39, 0.29) is 46.9 Å². The van der Waals surface area contributed by atoms with Crippen molar-refractivity contribution >= 4 is 18.1 Å². The van der Waals surface area contributed by atoms with Crippen LogP contribution in [0.2, 0.25) is 0 Å². The van der Waals surface area contributed by atoms with Gasteiger partial charge in [0.05, 0.1) is 5.60 Å². The molecule has 2 aromatic carbocycles. The Morgan fingerprint density at radius 3 is 2.34 bits per heavy atom. The molecule has 6 nitrogen and oxygen atoms in total. The molecule has 3 aliphatic rings. The Hall–Kier alpha value is -3.51. The lowest BCUT2D eigenvalue weighted by molar-refractivity contribution is -0.140. The third-order valence-electron chi connectivity index (χ3n) is 6.86. The molecule has 5 rings (SSSR count). The number of benzene rings is 2. The molecule has 0 saturated carbocycles. The molecule has 0 spiro atoms. The molecule has 4 atom stereocenters. The van der Waals surface area contributed by atoms with E-state index < -0.39 is 0 Å². The van der Waals surface area contributed by atoms with E-state index in [1.807, 2.05) is 6.08 Å². The summed E-state index contributed by atoms with van der Waals surface area (Å²) in [5.74, 6) is 0.164. The van der Waals surface area contributed by atoms with Crippen molar-refractivity contribution in [1.82, 2.24) is 0 Å². The topological polar surface area (TPSA) is 99.5 Å². The Bertz CT molecular complexity index is 1140. The van der Waals surface area contributed by atoms with Crippen molar-refractivity contribution < 1.29 is 29.6 Å². The molecule has 0 bridgehead atoms. The highest BCUT2D eigenvalue weighted by atomic mass is 16.6. The molecule has 4 unspecified atom stereocenters. The molecule has 2 saturated heterocycles. The highest BCUT2D eigenvalue weighted by molar-refractivity contribution is 5.91. The molecule has 2 aliphatic heterocycles. The molecule has 6 heteroatoms. The van der Waals surface area contributed by atoms with Gasteiger partial charge in [0.1, 0.15) is 29.5 Å². The highest BCUT2D eigenvalue weighted by Crippen LogP contribution is 2.49. The van der Waals surface area contributed by atoms with Crippen molar-refractivity contribution in [2.24, 2.45) is 5.92 Å². The van der Waals surface area contributed by atoms with E-state index in [2.05, 4.69) is 26.5 Å². The minimum absolute atomic E-state index is 0.0235. The van der Waals surface area contributed by atoms with E-state index >= 15 is 0 Å². The van der Waals surface area contributed by atoms with Gasteiger partial charge in [0.2, 0.25) is 0 Å². The van der Waals surface area contributed by atoms with Gasteiger partial charge in [-0.2, -0.15) is 0 Å². The van der Waals surface area contributed by atoms with Crippen molar-refractivity contribution in [3.8, 4) is 17.2 Å². The van der Waals surface area contributed by atoms with Crippen LogP contribution >= 0.6 is 0 Å². The maximum atomic E-state index is 11.7. The number of phenols is 3. The third-order valence-corrected chi connectivity index (χ3v) is 6.86. The zero-order valence-electron chi connectivity index (χ0n) is 20.1. The van der Waals surface area contributed by atoms with Gasteiger partial charge in [-0.25, -0.2) is 4.79 Å². The van der Waals surface area contributed by atoms with Crippen molar-refractivity contribution in [3.63, 3.8) is 0 Å². The third kappa shape index (κ3) is 5.95. The van der Waals surface area contributed by atoms with Gasteiger partial charge in [-0.1, -0.05) is 42.5 Å². The van der Waals surface area contributed by atoms with Gasteiger partial charge in [-0.3, -0.25) is 0 Å². The standard InChI is InChI=1S/C15H20O3.C14H12O3/c1-9-5-4-8-15(3)13(18-15)12-11(7-6-9)10(2)14(16)17-12;15-12-5-3-10(4-6-12)1-2-11-7-13(16)9-14(17)8-11/h5,11-13H,2,4,6-8H2,1,3H3;1-9,15-17H. The van der Waals surface area contributed by atoms with Crippen LogP contribution in [-0.4, -0.2) is 39.1 Å². The molecular formula is C29H32O6. The van der Waals surface area contributed by atoms with Crippen LogP contribution in [-0.2, 0) is 14.3 Å². The number of epoxide rings is 1. The first-order chi connectivity index (χ1) is 16.6. The summed E-state index contributed by atoms with van der Waals surface area (Å²) in [5.41, 5.74) is 3.54. The lowest BCUT2D eigenvalue weighted by Gasteiger charge is -2.19. The maximum Gasteiger partial charge on any atom is 0.334 e. The number of carbonyl (C=O) groups is 1. The van der Waals surface area contributed by atoms with Gasteiger partial charge >= 0.3 is 5.97 Å². The number of fused-ring (bicyclic) bond motifs is 3. The zero-order chi connectivity index (χ0) is 25.2. The Morgan fingerprint density at radius 1 is 1.00 bits per heavy atom.